The zero-order valence-corrected chi connectivity index (χ0v) is 15.8. The van der Waals surface area contributed by atoms with E-state index in [2.05, 4.69) is 24.8 Å². The summed E-state index contributed by atoms with van der Waals surface area (Å²) in [6.45, 7) is 7.86. The fourth-order valence-corrected chi connectivity index (χ4v) is 2.49. The monoisotopic (exact) mass is 352 g/mol. The Morgan fingerprint density at radius 3 is 2.35 bits per heavy atom. The maximum Gasteiger partial charge on any atom is 0.222 e. The molecule has 1 atom stereocenters. The Labute approximate surface area is 156 Å². The number of carbonyl (C=O) groups excluding carboxylic acids is 1. The zero-order valence-electron chi connectivity index (χ0n) is 15.8. The van der Waals surface area contributed by atoms with Crippen LogP contribution in [0, 0.1) is 5.92 Å². The van der Waals surface area contributed by atoms with Crippen molar-refractivity contribution in [1.82, 2.24) is 0 Å². The number of carbonyl (C=O) groups is 1. The molecule has 0 fully saturated rings. The Morgan fingerprint density at radius 1 is 1.12 bits per heavy atom. The van der Waals surface area contributed by atoms with Crippen molar-refractivity contribution >= 4 is 11.6 Å². The Hall–Kier alpha value is -2.75. The maximum absolute atomic E-state index is 11.4. The van der Waals surface area contributed by atoms with Gasteiger partial charge in [0.15, 0.2) is 0 Å². The van der Waals surface area contributed by atoms with Crippen LogP contribution in [0.3, 0.4) is 0 Å². The van der Waals surface area contributed by atoms with Crippen LogP contribution < -0.4 is 15.4 Å². The van der Waals surface area contributed by atoms with E-state index in [9.17, 15) is 4.79 Å². The van der Waals surface area contributed by atoms with E-state index in [0.717, 1.165) is 23.5 Å². The van der Waals surface area contributed by atoms with E-state index in [1.54, 1.807) is 0 Å². The Bertz CT molecular complexity index is 720. The molecule has 0 saturated heterocycles. The molecule has 2 N–H and O–H groups in total. The molecule has 0 aromatic heterocycles. The average Bonchev–Trinajstić information content (AvgIpc) is 2.64. The molecule has 0 aliphatic rings. The van der Waals surface area contributed by atoms with Gasteiger partial charge in [-0.15, -0.1) is 0 Å². The molecule has 26 heavy (non-hydrogen) atoms. The number of anilines is 1. The number of benzene rings is 2. The number of nitrogens with two attached hydrogens (primary N) is 1. The summed E-state index contributed by atoms with van der Waals surface area (Å²) in [7, 11) is 0. The summed E-state index contributed by atoms with van der Waals surface area (Å²) in [6.07, 6.45) is 2.15. The molecule has 1 amide bonds. The molecular weight excluding hydrogens is 324 g/mol. The molecule has 0 saturated carbocycles. The molecule has 0 radical (unpaired) electrons. The van der Waals surface area contributed by atoms with E-state index in [1.807, 2.05) is 61.5 Å². The van der Waals surface area contributed by atoms with Crippen LogP contribution in [0.4, 0.5) is 5.69 Å². The van der Waals surface area contributed by atoms with Gasteiger partial charge in [0.1, 0.15) is 12.4 Å². The largest absolute Gasteiger partial charge is 0.489 e. The van der Waals surface area contributed by atoms with Gasteiger partial charge in [-0.05, 0) is 43.7 Å². The first-order valence-electron chi connectivity index (χ1n) is 8.90. The lowest BCUT2D eigenvalue weighted by Gasteiger charge is -2.26. The number of rotatable bonds is 9. The number of nitrogens with zero attached hydrogens (tertiary/aromatic N) is 1. The predicted molar refractivity (Wildman–Crippen MR) is 107 cm³/mol. The lowest BCUT2D eigenvalue weighted by molar-refractivity contribution is -0.121. The summed E-state index contributed by atoms with van der Waals surface area (Å²) in [5.74, 6) is 0.326. The first-order chi connectivity index (χ1) is 12.5. The van der Waals surface area contributed by atoms with E-state index in [0.29, 0.717) is 13.2 Å². The highest BCUT2D eigenvalue weighted by Crippen LogP contribution is 2.21. The van der Waals surface area contributed by atoms with Gasteiger partial charge in [0.25, 0.3) is 0 Å². The van der Waals surface area contributed by atoms with Gasteiger partial charge in [0, 0.05) is 18.8 Å². The van der Waals surface area contributed by atoms with Crippen molar-refractivity contribution in [3.8, 4) is 5.75 Å². The highest BCUT2D eigenvalue weighted by atomic mass is 16.5. The molecule has 2 aromatic carbocycles. The second-order valence-corrected chi connectivity index (χ2v) is 6.76. The molecule has 0 heterocycles. The number of primary amides is 1. The molecule has 4 nitrogen and oxygen atoms in total. The topological polar surface area (TPSA) is 55.6 Å². The third-order valence-corrected chi connectivity index (χ3v) is 4.15. The van der Waals surface area contributed by atoms with Gasteiger partial charge >= 0.3 is 0 Å². The van der Waals surface area contributed by atoms with Gasteiger partial charge in [-0.2, -0.15) is 0 Å². The van der Waals surface area contributed by atoms with Gasteiger partial charge in [0.2, 0.25) is 5.91 Å². The fraction of sp³-hybridized carbons (Fsp3) is 0.318. The standard InChI is InChI=1S/C22H28N2O2/c1-17(2)13-14-24(15-18(3)22(23)25)20-9-11-21(12-10-20)26-16-19-7-5-4-6-8-19/h4-13,18H,14-16H2,1-3H3,(H2,23,25). The van der Waals surface area contributed by atoms with Crippen LogP contribution in [-0.4, -0.2) is 19.0 Å². The minimum absolute atomic E-state index is 0.213. The molecule has 138 valence electrons. The SMILES string of the molecule is CC(C)=CCN(CC(C)C(N)=O)c1ccc(OCc2ccccc2)cc1. The number of amides is 1. The molecule has 0 spiro atoms. The Kier molecular flexibility index (Phi) is 7.27. The lowest BCUT2D eigenvalue weighted by Crippen LogP contribution is -2.35. The molecule has 2 aromatic rings. The van der Waals surface area contributed by atoms with Gasteiger partial charge in [-0.3, -0.25) is 4.79 Å². The van der Waals surface area contributed by atoms with Crippen LogP contribution in [0.25, 0.3) is 0 Å². The lowest BCUT2D eigenvalue weighted by atomic mass is 10.1. The molecule has 0 bridgehead atoms. The summed E-state index contributed by atoms with van der Waals surface area (Å²) in [5, 5.41) is 0. The molecular formula is C22H28N2O2. The summed E-state index contributed by atoms with van der Waals surface area (Å²) in [5.41, 5.74) is 8.86. The van der Waals surface area contributed by atoms with Crippen LogP contribution in [0.15, 0.2) is 66.2 Å². The smallest absolute Gasteiger partial charge is 0.222 e. The number of hydrogen-bond donors (Lipinski definition) is 1. The van der Waals surface area contributed by atoms with Crippen molar-refractivity contribution < 1.29 is 9.53 Å². The maximum atomic E-state index is 11.4. The van der Waals surface area contributed by atoms with Crippen LogP contribution in [0.5, 0.6) is 5.75 Å². The summed E-state index contributed by atoms with van der Waals surface area (Å²) in [6, 6.07) is 18.0. The van der Waals surface area contributed by atoms with Gasteiger partial charge in [-0.1, -0.05) is 48.9 Å². The van der Waals surface area contributed by atoms with Crippen LogP contribution in [0.1, 0.15) is 26.3 Å². The third-order valence-electron chi connectivity index (χ3n) is 4.15. The number of hydrogen-bond acceptors (Lipinski definition) is 3. The van der Waals surface area contributed by atoms with Crippen LogP contribution in [0.2, 0.25) is 0 Å². The second-order valence-electron chi connectivity index (χ2n) is 6.76. The molecule has 4 heteroatoms. The van der Waals surface area contributed by atoms with Crippen LogP contribution in [-0.2, 0) is 11.4 Å². The highest BCUT2D eigenvalue weighted by molar-refractivity contribution is 5.77. The number of allylic oxidation sites excluding steroid dienone is 1. The second kappa shape index (κ2) is 9.66. The Balaban J connectivity index is 2.05. The normalized spacial score (nSPS) is 11.5. The minimum atomic E-state index is -0.282. The van der Waals surface area contributed by atoms with Gasteiger partial charge in [-0.25, -0.2) is 0 Å². The zero-order chi connectivity index (χ0) is 18.9. The average molecular weight is 352 g/mol. The van der Waals surface area contributed by atoms with Gasteiger partial charge < -0.3 is 15.4 Å². The summed E-state index contributed by atoms with van der Waals surface area (Å²) < 4.78 is 5.84. The molecule has 2 rings (SSSR count). The first kappa shape index (κ1) is 19.6. The van der Waals surface area contributed by atoms with Crippen molar-refractivity contribution in [2.24, 2.45) is 11.7 Å². The predicted octanol–water partition coefficient (Wildman–Crippen LogP) is 4.16. The third kappa shape index (κ3) is 6.28. The van der Waals surface area contributed by atoms with Crippen molar-refractivity contribution in [2.75, 3.05) is 18.0 Å². The highest BCUT2D eigenvalue weighted by Gasteiger charge is 2.14. The summed E-state index contributed by atoms with van der Waals surface area (Å²) >= 11 is 0. The van der Waals surface area contributed by atoms with E-state index in [1.165, 1.54) is 5.57 Å². The van der Waals surface area contributed by atoms with E-state index in [-0.39, 0.29) is 11.8 Å². The van der Waals surface area contributed by atoms with Crippen molar-refractivity contribution in [1.29, 1.82) is 0 Å². The van der Waals surface area contributed by atoms with Crippen molar-refractivity contribution in [3.63, 3.8) is 0 Å². The first-order valence-corrected chi connectivity index (χ1v) is 8.90. The van der Waals surface area contributed by atoms with Crippen molar-refractivity contribution in [2.45, 2.75) is 27.4 Å². The minimum Gasteiger partial charge on any atom is -0.489 e. The van der Waals surface area contributed by atoms with E-state index < -0.39 is 0 Å². The van der Waals surface area contributed by atoms with Crippen LogP contribution >= 0.6 is 0 Å². The van der Waals surface area contributed by atoms with E-state index in [4.69, 9.17) is 10.5 Å². The van der Waals surface area contributed by atoms with E-state index >= 15 is 0 Å². The van der Waals surface area contributed by atoms with Gasteiger partial charge in [0.05, 0.1) is 5.92 Å². The van der Waals surface area contributed by atoms with Crippen molar-refractivity contribution in [3.05, 3.63) is 71.8 Å². The molecule has 1 unspecified atom stereocenters. The summed E-state index contributed by atoms with van der Waals surface area (Å²) in [4.78, 5) is 13.6. The fourth-order valence-electron chi connectivity index (χ4n) is 2.49. The quantitative estimate of drug-likeness (QED) is 0.690. The molecule has 0 aliphatic heterocycles. The molecule has 0 aliphatic carbocycles. The number of ether oxygens (including phenoxy) is 1. The Morgan fingerprint density at radius 2 is 1.77 bits per heavy atom.